The topological polar surface area (TPSA) is 213 Å². The molecule has 3 amide bonds. The van der Waals surface area contributed by atoms with Crippen molar-refractivity contribution in [2.75, 3.05) is 82.9 Å². The largest absolute Gasteiger partial charge is 0.492 e. The Bertz CT molecular complexity index is 2300. The number of benzene rings is 1. The highest BCUT2D eigenvalue weighted by Gasteiger charge is 2.42. The lowest BCUT2D eigenvalue weighted by Gasteiger charge is -2.34. The maximum atomic E-state index is 13.4. The summed E-state index contributed by atoms with van der Waals surface area (Å²) in [6.45, 7) is 17.4. The zero-order chi connectivity index (χ0) is 45.5. The number of anilines is 3. The number of carbonyl (C=O) groups is 4. The van der Waals surface area contributed by atoms with Gasteiger partial charge in [-0.2, -0.15) is 4.98 Å². The maximum absolute atomic E-state index is 13.4. The van der Waals surface area contributed by atoms with Crippen molar-refractivity contribution in [2.24, 2.45) is 5.73 Å². The van der Waals surface area contributed by atoms with Gasteiger partial charge in [-0.05, 0) is 78.1 Å². The van der Waals surface area contributed by atoms with Gasteiger partial charge in [-0.15, -0.1) is 0 Å². The van der Waals surface area contributed by atoms with Gasteiger partial charge in [0.15, 0.2) is 0 Å². The number of amides is 3. The average molecular weight is 884 g/mol. The summed E-state index contributed by atoms with van der Waals surface area (Å²) in [6.07, 6.45) is 5.41. The first-order chi connectivity index (χ1) is 30.7. The van der Waals surface area contributed by atoms with Gasteiger partial charge in [-0.3, -0.25) is 33.9 Å². The molecule has 3 N–H and O–H groups in total. The predicted octanol–water partition coefficient (Wildman–Crippen LogP) is 3.95. The Morgan fingerprint density at radius 1 is 0.891 bits per heavy atom. The smallest absolute Gasteiger partial charge is 0.306 e. The fraction of sp³-hybridized carbons (Fsp3) is 0.556. The van der Waals surface area contributed by atoms with Gasteiger partial charge in [0.05, 0.1) is 35.6 Å². The highest BCUT2D eigenvalue weighted by Crippen LogP contribution is 2.30. The number of nitrogens with zero attached hydrogens (tertiary/aromatic N) is 9. The predicted molar refractivity (Wildman–Crippen MR) is 239 cm³/mol. The third-order valence-corrected chi connectivity index (χ3v) is 11.6. The summed E-state index contributed by atoms with van der Waals surface area (Å²) in [4.78, 5) is 77.8. The molecule has 3 aliphatic heterocycles. The number of rotatable bonds is 19. The molecule has 6 heterocycles. The van der Waals surface area contributed by atoms with E-state index >= 15 is 0 Å². The van der Waals surface area contributed by atoms with Crippen molar-refractivity contribution in [1.29, 1.82) is 0 Å². The van der Waals surface area contributed by atoms with Crippen molar-refractivity contribution in [1.82, 2.24) is 39.2 Å². The van der Waals surface area contributed by atoms with Crippen LogP contribution in [0.1, 0.15) is 92.9 Å². The molecule has 0 radical (unpaired) electrons. The molecule has 7 rings (SSSR count). The summed E-state index contributed by atoms with van der Waals surface area (Å²) < 4.78 is 25.2. The van der Waals surface area contributed by atoms with Crippen LogP contribution in [0.25, 0.3) is 11.0 Å². The number of nitrogens with two attached hydrogens (primary N) is 1. The molecule has 3 aromatic heterocycles. The van der Waals surface area contributed by atoms with E-state index in [9.17, 15) is 19.2 Å². The van der Waals surface area contributed by atoms with E-state index in [1.165, 1.54) is 12.1 Å². The van der Waals surface area contributed by atoms with Gasteiger partial charge in [0.1, 0.15) is 53.6 Å². The van der Waals surface area contributed by atoms with E-state index in [4.69, 9.17) is 34.6 Å². The monoisotopic (exact) mass is 883 g/mol. The van der Waals surface area contributed by atoms with E-state index in [1.807, 2.05) is 12.1 Å². The lowest BCUT2D eigenvalue weighted by atomic mass is 10.1. The molecule has 0 spiro atoms. The number of hydrogen-bond donors (Lipinski definition) is 2. The molecule has 3 aliphatic rings. The Hall–Kier alpha value is -5.76. The van der Waals surface area contributed by atoms with Gasteiger partial charge >= 0.3 is 5.97 Å². The van der Waals surface area contributed by atoms with Crippen LogP contribution >= 0.6 is 0 Å². The molecule has 4 aromatic rings. The molecule has 1 aromatic carbocycles. The Labute approximate surface area is 373 Å². The standard InChI is InChI=1S/C45H61N11O8/c1-29(2)55-36-26-38(50-37-11-14-47-44(51-37)54-15-12-30(61-6)13-16-54)48-27-34(36)49-39(55)28-62-23-21-52-17-19-53(20-18-52)22-24-63-31-7-8-32-33(25-31)43(60)56(42(32)59)35(41(46)58)9-10-40(57)64-45(3,4)5/h7-8,11,14,25-27,29-30,35H,9-10,12-13,15-24,28H2,1-6H3,(H2,46,58)(H,47,48,50,51). The number of carbonyl (C=O) groups excluding carboxylic acids is 4. The summed E-state index contributed by atoms with van der Waals surface area (Å²) in [5.74, 6) is 0.603. The second-order valence-electron chi connectivity index (χ2n) is 17.7. The van der Waals surface area contributed by atoms with Crippen LogP contribution in [0.4, 0.5) is 17.6 Å². The molecule has 19 nitrogen and oxygen atoms in total. The summed E-state index contributed by atoms with van der Waals surface area (Å²) in [5, 5.41) is 3.36. The molecule has 1 atom stereocenters. The third kappa shape index (κ3) is 11.3. The van der Waals surface area contributed by atoms with Crippen molar-refractivity contribution in [2.45, 2.75) is 90.7 Å². The van der Waals surface area contributed by atoms with Crippen LogP contribution in [0.2, 0.25) is 0 Å². The first kappa shape index (κ1) is 46.2. The van der Waals surface area contributed by atoms with Crippen LogP contribution in [0, 0.1) is 0 Å². The summed E-state index contributed by atoms with van der Waals surface area (Å²) in [6, 6.07) is 7.39. The minimum atomic E-state index is -1.29. The van der Waals surface area contributed by atoms with Crippen LogP contribution in [0.3, 0.4) is 0 Å². The first-order valence-electron chi connectivity index (χ1n) is 22.1. The number of fused-ring (bicyclic) bond motifs is 2. The number of ether oxygens (including phenoxy) is 4. The van der Waals surface area contributed by atoms with E-state index in [-0.39, 0.29) is 36.1 Å². The van der Waals surface area contributed by atoms with Gasteiger partial charge in [0, 0.05) is 84.2 Å². The Morgan fingerprint density at radius 2 is 1.59 bits per heavy atom. The van der Waals surface area contributed by atoms with Crippen molar-refractivity contribution in [3.63, 3.8) is 0 Å². The van der Waals surface area contributed by atoms with Crippen molar-refractivity contribution < 1.29 is 38.1 Å². The van der Waals surface area contributed by atoms with E-state index < -0.39 is 35.3 Å². The number of pyridine rings is 1. The second kappa shape index (κ2) is 20.4. The van der Waals surface area contributed by atoms with Gasteiger partial charge in [0.25, 0.3) is 11.8 Å². The molecule has 1 unspecified atom stereocenters. The molecule has 2 fully saturated rings. The minimum absolute atomic E-state index is 0.130. The molecule has 64 heavy (non-hydrogen) atoms. The van der Waals surface area contributed by atoms with Crippen molar-refractivity contribution in [3.8, 4) is 5.75 Å². The molecular weight excluding hydrogens is 823 g/mol. The van der Waals surface area contributed by atoms with Crippen molar-refractivity contribution >= 4 is 52.3 Å². The number of hydrogen-bond acceptors (Lipinski definition) is 16. The van der Waals surface area contributed by atoms with E-state index in [0.717, 1.165) is 80.4 Å². The molecule has 0 aliphatic carbocycles. The Kier molecular flexibility index (Phi) is 14.7. The quantitative estimate of drug-likeness (QED) is 0.0776. The normalized spacial score (nSPS) is 17.0. The Balaban J connectivity index is 0.838. The van der Waals surface area contributed by atoms with Gasteiger partial charge in [-0.1, -0.05) is 0 Å². The zero-order valence-electron chi connectivity index (χ0n) is 37.7. The number of imidazole rings is 1. The van der Waals surface area contributed by atoms with E-state index in [1.54, 1.807) is 46.3 Å². The second-order valence-corrected chi connectivity index (χ2v) is 17.7. The molecular formula is C45H61N11O8. The fourth-order valence-electron chi connectivity index (χ4n) is 8.33. The molecule has 2 saturated heterocycles. The summed E-state index contributed by atoms with van der Waals surface area (Å²) >= 11 is 0. The first-order valence-corrected chi connectivity index (χ1v) is 22.1. The molecule has 19 heteroatoms. The summed E-state index contributed by atoms with van der Waals surface area (Å²) in [7, 11) is 1.76. The number of imide groups is 1. The van der Waals surface area contributed by atoms with Crippen LogP contribution in [0.15, 0.2) is 42.7 Å². The number of primary amides is 1. The number of esters is 1. The third-order valence-electron chi connectivity index (χ3n) is 11.6. The number of piperazine rings is 1. The zero-order valence-corrected chi connectivity index (χ0v) is 37.7. The van der Waals surface area contributed by atoms with Gasteiger partial charge < -0.3 is 39.5 Å². The lowest BCUT2D eigenvalue weighted by Crippen LogP contribution is -2.48. The maximum Gasteiger partial charge on any atom is 0.306 e. The molecule has 0 bridgehead atoms. The van der Waals surface area contributed by atoms with Crippen molar-refractivity contribution in [3.05, 3.63) is 59.7 Å². The molecule has 344 valence electrons. The SMILES string of the molecule is COC1CCN(c2nccc(Nc3cc4c(cn3)nc(COCCN3CCN(CCOc5ccc6c(c5)C(=O)N(C(CCC(=O)OC(C)(C)C)C(N)=O)C6=O)CC3)n4C(C)C)n2)CC1. The van der Waals surface area contributed by atoms with E-state index in [0.29, 0.717) is 49.7 Å². The van der Waals surface area contributed by atoms with Crippen LogP contribution in [-0.2, 0) is 30.4 Å². The van der Waals surface area contributed by atoms with Gasteiger partial charge in [0.2, 0.25) is 11.9 Å². The molecule has 0 saturated carbocycles. The lowest BCUT2D eigenvalue weighted by molar-refractivity contribution is -0.155. The highest BCUT2D eigenvalue weighted by molar-refractivity contribution is 6.23. The highest BCUT2D eigenvalue weighted by atomic mass is 16.6. The Morgan fingerprint density at radius 3 is 2.27 bits per heavy atom. The van der Waals surface area contributed by atoms with Gasteiger partial charge in [-0.25, -0.2) is 15.0 Å². The van der Waals surface area contributed by atoms with E-state index in [2.05, 4.69) is 48.4 Å². The summed E-state index contributed by atoms with van der Waals surface area (Å²) in [5.41, 5.74) is 6.94. The van der Waals surface area contributed by atoms with Crippen LogP contribution < -0.4 is 20.7 Å². The number of piperidine rings is 1. The minimum Gasteiger partial charge on any atom is -0.492 e. The number of methoxy groups -OCH3 is 1. The number of aromatic nitrogens is 5. The number of nitrogens with one attached hydrogen (secondary N) is 1. The fourth-order valence-corrected chi connectivity index (χ4v) is 8.33. The van der Waals surface area contributed by atoms with Crippen LogP contribution in [-0.4, -0.2) is 153 Å². The average Bonchev–Trinajstić information content (AvgIpc) is 3.75. The van der Waals surface area contributed by atoms with Crippen LogP contribution in [0.5, 0.6) is 5.75 Å².